The van der Waals surface area contributed by atoms with Crippen LogP contribution in [-0.4, -0.2) is 17.7 Å². The molecule has 134 valence electrons. The Morgan fingerprint density at radius 3 is 2.41 bits per heavy atom. The van der Waals surface area contributed by atoms with Crippen LogP contribution in [0.15, 0.2) is 72.8 Å². The van der Waals surface area contributed by atoms with Gasteiger partial charge in [0.15, 0.2) is 0 Å². The summed E-state index contributed by atoms with van der Waals surface area (Å²) in [5, 5.41) is 12.4. The second-order valence-corrected chi connectivity index (χ2v) is 6.48. The Labute approximate surface area is 157 Å². The smallest absolute Gasteiger partial charge is 0.335 e. The van der Waals surface area contributed by atoms with Crippen LogP contribution < -0.4 is 10.1 Å². The second-order valence-electron chi connectivity index (χ2n) is 6.48. The number of hydrogen-bond acceptors (Lipinski definition) is 3. The fourth-order valence-electron chi connectivity index (χ4n) is 3.25. The SMILES string of the molecule is CC1=C(c2ccc(C(=O)O)cc2)COc2cc(Nc3ccccc3)ccc21. The van der Waals surface area contributed by atoms with Crippen molar-refractivity contribution in [2.24, 2.45) is 0 Å². The molecule has 0 aromatic heterocycles. The van der Waals surface area contributed by atoms with E-state index in [2.05, 4.69) is 18.3 Å². The van der Waals surface area contributed by atoms with Crippen molar-refractivity contribution in [1.29, 1.82) is 0 Å². The molecule has 0 saturated heterocycles. The van der Waals surface area contributed by atoms with Crippen LogP contribution in [-0.2, 0) is 0 Å². The van der Waals surface area contributed by atoms with E-state index in [0.29, 0.717) is 6.61 Å². The maximum Gasteiger partial charge on any atom is 0.335 e. The van der Waals surface area contributed by atoms with Gasteiger partial charge in [-0.15, -0.1) is 0 Å². The standard InChI is InChI=1S/C23H19NO3/c1-15-20-12-11-19(24-18-5-3-2-4-6-18)13-22(20)27-14-21(15)16-7-9-17(10-8-16)23(25)26/h2-13,24H,14H2,1H3,(H,25,26). The summed E-state index contributed by atoms with van der Waals surface area (Å²) in [6.07, 6.45) is 0. The molecule has 1 aliphatic heterocycles. The summed E-state index contributed by atoms with van der Waals surface area (Å²) in [6, 6.07) is 23.0. The van der Waals surface area contributed by atoms with Gasteiger partial charge < -0.3 is 15.2 Å². The van der Waals surface area contributed by atoms with Gasteiger partial charge in [0.1, 0.15) is 12.4 Å². The highest BCUT2D eigenvalue weighted by Gasteiger charge is 2.19. The number of benzene rings is 3. The van der Waals surface area contributed by atoms with Gasteiger partial charge in [0, 0.05) is 28.6 Å². The molecule has 27 heavy (non-hydrogen) atoms. The van der Waals surface area contributed by atoms with Gasteiger partial charge in [0.2, 0.25) is 0 Å². The fourth-order valence-corrected chi connectivity index (χ4v) is 3.25. The van der Waals surface area contributed by atoms with Crippen LogP contribution >= 0.6 is 0 Å². The first-order chi connectivity index (χ1) is 13.1. The normalized spacial score (nSPS) is 12.9. The minimum Gasteiger partial charge on any atom is -0.488 e. The molecule has 2 N–H and O–H groups in total. The molecule has 0 bridgehead atoms. The largest absolute Gasteiger partial charge is 0.488 e. The zero-order valence-corrected chi connectivity index (χ0v) is 14.9. The average molecular weight is 357 g/mol. The molecule has 4 rings (SSSR count). The highest BCUT2D eigenvalue weighted by molar-refractivity contribution is 5.95. The van der Waals surface area contributed by atoms with E-state index >= 15 is 0 Å². The molecule has 0 spiro atoms. The number of carboxylic acids is 1. The van der Waals surface area contributed by atoms with Crippen LogP contribution in [0.25, 0.3) is 11.1 Å². The number of hydrogen-bond donors (Lipinski definition) is 2. The second kappa shape index (κ2) is 7.00. The lowest BCUT2D eigenvalue weighted by Crippen LogP contribution is -2.10. The molecule has 0 atom stereocenters. The number of fused-ring (bicyclic) bond motifs is 1. The van der Waals surface area contributed by atoms with Gasteiger partial charge in [-0.1, -0.05) is 30.3 Å². The van der Waals surface area contributed by atoms with Crippen molar-refractivity contribution in [1.82, 2.24) is 0 Å². The summed E-state index contributed by atoms with van der Waals surface area (Å²) in [6.45, 7) is 2.53. The van der Waals surface area contributed by atoms with Gasteiger partial charge in [-0.25, -0.2) is 4.79 Å². The number of nitrogens with one attached hydrogen (secondary N) is 1. The highest BCUT2D eigenvalue weighted by atomic mass is 16.5. The third-order valence-corrected chi connectivity index (χ3v) is 4.75. The van der Waals surface area contributed by atoms with Crippen molar-refractivity contribution in [3.63, 3.8) is 0 Å². The van der Waals surface area contributed by atoms with E-state index in [9.17, 15) is 4.79 Å². The molecule has 1 heterocycles. The molecule has 3 aromatic carbocycles. The van der Waals surface area contributed by atoms with Gasteiger partial charge in [0.25, 0.3) is 0 Å². The Hall–Kier alpha value is -3.53. The number of carbonyl (C=O) groups is 1. The van der Waals surface area contributed by atoms with Crippen LogP contribution in [0.3, 0.4) is 0 Å². The van der Waals surface area contributed by atoms with Crippen molar-refractivity contribution >= 4 is 28.5 Å². The molecule has 0 amide bonds. The van der Waals surface area contributed by atoms with E-state index in [0.717, 1.165) is 39.4 Å². The molecular weight excluding hydrogens is 338 g/mol. The van der Waals surface area contributed by atoms with Crippen LogP contribution in [0.1, 0.15) is 28.4 Å². The van der Waals surface area contributed by atoms with Gasteiger partial charge in [-0.05, 0) is 54.5 Å². The molecule has 1 aliphatic rings. The maximum absolute atomic E-state index is 11.0. The van der Waals surface area contributed by atoms with Gasteiger partial charge >= 0.3 is 5.97 Å². The number of aromatic carboxylic acids is 1. The Morgan fingerprint density at radius 1 is 0.963 bits per heavy atom. The van der Waals surface area contributed by atoms with Gasteiger partial charge in [-0.3, -0.25) is 0 Å². The van der Waals surface area contributed by atoms with Gasteiger partial charge in [0.05, 0.1) is 5.56 Å². The monoisotopic (exact) mass is 357 g/mol. The first-order valence-corrected chi connectivity index (χ1v) is 8.74. The summed E-state index contributed by atoms with van der Waals surface area (Å²) >= 11 is 0. The topological polar surface area (TPSA) is 58.6 Å². The predicted molar refractivity (Wildman–Crippen MR) is 108 cm³/mol. The fraction of sp³-hybridized carbons (Fsp3) is 0.0870. The van der Waals surface area contributed by atoms with E-state index in [1.807, 2.05) is 54.6 Å². The first-order valence-electron chi connectivity index (χ1n) is 8.74. The molecule has 0 radical (unpaired) electrons. The Bertz CT molecular complexity index is 1020. The highest BCUT2D eigenvalue weighted by Crippen LogP contribution is 2.38. The van der Waals surface area contributed by atoms with E-state index in [1.165, 1.54) is 0 Å². The number of para-hydroxylation sites is 1. The zero-order valence-electron chi connectivity index (χ0n) is 14.9. The van der Waals surface area contributed by atoms with Gasteiger partial charge in [-0.2, -0.15) is 0 Å². The van der Waals surface area contributed by atoms with Crippen molar-refractivity contribution < 1.29 is 14.6 Å². The number of carboxylic acid groups (broad SMARTS) is 1. The molecule has 0 unspecified atom stereocenters. The summed E-state index contributed by atoms with van der Waals surface area (Å²) in [5.41, 5.74) is 6.54. The van der Waals surface area contributed by atoms with Crippen molar-refractivity contribution in [2.45, 2.75) is 6.92 Å². The van der Waals surface area contributed by atoms with Crippen LogP contribution in [0.4, 0.5) is 11.4 Å². The minimum atomic E-state index is -0.920. The van der Waals surface area contributed by atoms with Crippen LogP contribution in [0.5, 0.6) is 5.75 Å². The van der Waals surface area contributed by atoms with E-state index in [4.69, 9.17) is 9.84 Å². The quantitative estimate of drug-likeness (QED) is 0.652. The van der Waals surface area contributed by atoms with E-state index in [1.54, 1.807) is 12.1 Å². The average Bonchev–Trinajstić information content (AvgIpc) is 2.69. The van der Waals surface area contributed by atoms with Crippen molar-refractivity contribution in [3.8, 4) is 5.75 Å². The lowest BCUT2D eigenvalue weighted by molar-refractivity contribution is 0.0697. The molecule has 4 nitrogen and oxygen atoms in total. The number of anilines is 2. The lowest BCUT2D eigenvalue weighted by atomic mass is 9.93. The number of ether oxygens (including phenoxy) is 1. The van der Waals surface area contributed by atoms with Crippen LogP contribution in [0.2, 0.25) is 0 Å². The predicted octanol–water partition coefficient (Wildman–Crippen LogP) is 5.45. The first kappa shape index (κ1) is 16.9. The molecule has 3 aromatic rings. The number of allylic oxidation sites excluding steroid dienone is 1. The Kier molecular flexibility index (Phi) is 4.38. The van der Waals surface area contributed by atoms with E-state index in [-0.39, 0.29) is 5.56 Å². The minimum absolute atomic E-state index is 0.283. The molecule has 4 heteroatoms. The van der Waals surface area contributed by atoms with Crippen molar-refractivity contribution in [3.05, 3.63) is 89.5 Å². The van der Waals surface area contributed by atoms with Crippen LogP contribution in [0, 0.1) is 0 Å². The third kappa shape index (κ3) is 3.42. The zero-order chi connectivity index (χ0) is 18.8. The summed E-state index contributed by atoms with van der Waals surface area (Å²) in [4.78, 5) is 11.0. The summed E-state index contributed by atoms with van der Waals surface area (Å²) < 4.78 is 6.00. The molecule has 0 fully saturated rings. The Morgan fingerprint density at radius 2 is 1.70 bits per heavy atom. The maximum atomic E-state index is 11.0. The molecular formula is C23H19NO3. The molecule has 0 aliphatic carbocycles. The Balaban J connectivity index is 1.63. The lowest BCUT2D eigenvalue weighted by Gasteiger charge is -2.23. The summed E-state index contributed by atoms with van der Waals surface area (Å²) in [5.74, 6) is -0.0738. The molecule has 0 saturated carbocycles. The number of rotatable bonds is 4. The third-order valence-electron chi connectivity index (χ3n) is 4.75. The summed E-state index contributed by atoms with van der Waals surface area (Å²) in [7, 11) is 0. The van der Waals surface area contributed by atoms with E-state index < -0.39 is 5.97 Å². The van der Waals surface area contributed by atoms with Crippen molar-refractivity contribution in [2.75, 3.05) is 11.9 Å².